The van der Waals surface area contributed by atoms with Crippen molar-refractivity contribution in [2.45, 2.75) is 37.8 Å². The number of rotatable bonds is 7. The van der Waals surface area contributed by atoms with Gasteiger partial charge in [-0.05, 0) is 31.4 Å². The highest BCUT2D eigenvalue weighted by molar-refractivity contribution is 6.00. The minimum Gasteiger partial charge on any atom is -0.481 e. The van der Waals surface area contributed by atoms with Crippen LogP contribution in [0.3, 0.4) is 0 Å². The molecule has 0 spiro atoms. The number of H-pyrrole nitrogens is 1. The van der Waals surface area contributed by atoms with Gasteiger partial charge in [-0.2, -0.15) is 0 Å². The standard InChI is InChI=1S/C19H21N3O5/c23-11-13(7-8-17(24)25)20-18(26)16-6-3-9-22(16)19(27)15-10-12-4-1-2-5-14(12)21-15/h1-2,4-5,10-11,13,16,21H,3,6-9H2,(H,20,26)(H,24,25)/t13-,16-/m0/s1. The van der Waals surface area contributed by atoms with E-state index in [2.05, 4.69) is 10.3 Å². The molecule has 8 heteroatoms. The van der Waals surface area contributed by atoms with Crippen molar-refractivity contribution in [3.8, 4) is 0 Å². The smallest absolute Gasteiger partial charge is 0.303 e. The number of carbonyl (C=O) groups is 4. The molecule has 0 radical (unpaired) electrons. The van der Waals surface area contributed by atoms with E-state index in [1.165, 1.54) is 4.90 Å². The predicted octanol–water partition coefficient (Wildman–Crippen LogP) is 1.32. The number of hydrogen-bond acceptors (Lipinski definition) is 4. The SMILES string of the molecule is O=C[C@H](CCC(=O)O)NC(=O)[C@@H]1CCCN1C(=O)c1cc2ccccc2[nH]1. The topological polar surface area (TPSA) is 120 Å². The largest absolute Gasteiger partial charge is 0.481 e. The first-order valence-electron chi connectivity index (χ1n) is 8.86. The second kappa shape index (κ2) is 8.03. The number of aromatic amines is 1. The molecule has 0 aliphatic carbocycles. The van der Waals surface area contributed by atoms with Crippen LogP contribution in [-0.2, 0) is 14.4 Å². The van der Waals surface area contributed by atoms with Gasteiger partial charge in [-0.25, -0.2) is 0 Å². The lowest BCUT2D eigenvalue weighted by molar-refractivity contribution is -0.137. The molecule has 8 nitrogen and oxygen atoms in total. The van der Waals surface area contributed by atoms with Gasteiger partial charge in [0.2, 0.25) is 5.91 Å². The van der Waals surface area contributed by atoms with Gasteiger partial charge in [0.25, 0.3) is 5.91 Å². The van der Waals surface area contributed by atoms with Crippen LogP contribution in [0.4, 0.5) is 0 Å². The van der Waals surface area contributed by atoms with E-state index < -0.39 is 24.0 Å². The molecule has 2 atom stereocenters. The fourth-order valence-corrected chi connectivity index (χ4v) is 3.36. The quantitative estimate of drug-likeness (QED) is 0.634. The first-order valence-corrected chi connectivity index (χ1v) is 8.86. The normalized spacial score (nSPS) is 17.6. The van der Waals surface area contributed by atoms with Gasteiger partial charge in [0.15, 0.2) is 0 Å². The van der Waals surface area contributed by atoms with Crippen molar-refractivity contribution < 1.29 is 24.3 Å². The van der Waals surface area contributed by atoms with Gasteiger partial charge in [-0.1, -0.05) is 18.2 Å². The Morgan fingerprint density at radius 2 is 2.11 bits per heavy atom. The molecule has 1 aliphatic heterocycles. The number of para-hydroxylation sites is 1. The number of hydrogen-bond donors (Lipinski definition) is 3. The Morgan fingerprint density at radius 3 is 2.81 bits per heavy atom. The van der Waals surface area contributed by atoms with Crippen molar-refractivity contribution in [2.24, 2.45) is 0 Å². The van der Waals surface area contributed by atoms with Crippen molar-refractivity contribution in [1.29, 1.82) is 0 Å². The van der Waals surface area contributed by atoms with Crippen LogP contribution in [0, 0.1) is 0 Å². The van der Waals surface area contributed by atoms with Crippen molar-refractivity contribution in [2.75, 3.05) is 6.54 Å². The van der Waals surface area contributed by atoms with Crippen LogP contribution in [0.1, 0.15) is 36.2 Å². The molecule has 0 saturated carbocycles. The van der Waals surface area contributed by atoms with Crippen molar-refractivity contribution in [3.63, 3.8) is 0 Å². The van der Waals surface area contributed by atoms with E-state index >= 15 is 0 Å². The summed E-state index contributed by atoms with van der Waals surface area (Å²) in [5, 5.41) is 12.2. The number of carboxylic acid groups (broad SMARTS) is 1. The molecule has 3 rings (SSSR count). The average Bonchev–Trinajstić information content (AvgIpc) is 3.30. The number of nitrogens with one attached hydrogen (secondary N) is 2. The Bertz CT molecular complexity index is 842. The summed E-state index contributed by atoms with van der Waals surface area (Å²) < 4.78 is 0. The number of amides is 2. The van der Waals surface area contributed by atoms with Crippen LogP contribution in [-0.4, -0.2) is 57.7 Å². The second-order valence-corrected chi connectivity index (χ2v) is 6.61. The summed E-state index contributed by atoms with van der Waals surface area (Å²) in [5.41, 5.74) is 1.25. The molecule has 1 aromatic heterocycles. The average molecular weight is 371 g/mol. The molecule has 27 heavy (non-hydrogen) atoms. The van der Waals surface area contributed by atoms with Crippen molar-refractivity contribution in [3.05, 3.63) is 36.0 Å². The van der Waals surface area contributed by atoms with E-state index in [1.807, 2.05) is 24.3 Å². The first kappa shape index (κ1) is 18.6. The molecule has 1 fully saturated rings. The van der Waals surface area contributed by atoms with Gasteiger partial charge in [0.1, 0.15) is 18.0 Å². The molecule has 0 bridgehead atoms. The van der Waals surface area contributed by atoms with E-state index in [1.54, 1.807) is 6.07 Å². The minimum atomic E-state index is -1.03. The summed E-state index contributed by atoms with van der Waals surface area (Å²) in [6, 6.07) is 7.73. The lowest BCUT2D eigenvalue weighted by atomic mass is 10.1. The van der Waals surface area contributed by atoms with Gasteiger partial charge >= 0.3 is 5.97 Å². The molecule has 2 aromatic rings. The van der Waals surface area contributed by atoms with Gasteiger partial charge < -0.3 is 25.1 Å². The maximum absolute atomic E-state index is 12.9. The molecule has 2 heterocycles. The highest BCUT2D eigenvalue weighted by atomic mass is 16.4. The van der Waals surface area contributed by atoms with Crippen LogP contribution < -0.4 is 5.32 Å². The molecule has 1 aromatic carbocycles. The Balaban J connectivity index is 1.70. The molecular formula is C19H21N3O5. The summed E-state index contributed by atoms with van der Waals surface area (Å²) in [6.45, 7) is 0.452. The molecule has 2 amide bonds. The van der Waals surface area contributed by atoms with Crippen LogP contribution in [0.5, 0.6) is 0 Å². The molecule has 1 saturated heterocycles. The van der Waals surface area contributed by atoms with Crippen molar-refractivity contribution in [1.82, 2.24) is 15.2 Å². The number of benzene rings is 1. The van der Waals surface area contributed by atoms with Gasteiger partial charge in [-0.3, -0.25) is 14.4 Å². The summed E-state index contributed by atoms with van der Waals surface area (Å²) in [4.78, 5) is 51.8. The third-order valence-corrected chi connectivity index (χ3v) is 4.74. The van der Waals surface area contributed by atoms with Gasteiger partial charge in [-0.15, -0.1) is 0 Å². The third kappa shape index (κ3) is 4.16. The molecule has 142 valence electrons. The fourth-order valence-electron chi connectivity index (χ4n) is 3.36. The Labute approximate surface area is 155 Å². The molecular weight excluding hydrogens is 350 g/mol. The van der Waals surface area contributed by atoms with E-state index in [0.29, 0.717) is 31.4 Å². The zero-order valence-electron chi connectivity index (χ0n) is 14.7. The highest BCUT2D eigenvalue weighted by Crippen LogP contribution is 2.22. The summed E-state index contributed by atoms with van der Waals surface area (Å²) in [5.74, 6) is -1.73. The number of carbonyl (C=O) groups excluding carboxylic acids is 3. The van der Waals surface area contributed by atoms with Crippen LogP contribution in [0.25, 0.3) is 10.9 Å². The molecule has 1 aliphatic rings. The molecule has 3 N–H and O–H groups in total. The Hall–Kier alpha value is -3.16. The van der Waals surface area contributed by atoms with E-state index in [0.717, 1.165) is 10.9 Å². The number of aromatic nitrogens is 1. The van der Waals surface area contributed by atoms with Crippen LogP contribution in [0.2, 0.25) is 0 Å². The maximum atomic E-state index is 12.9. The summed E-state index contributed by atoms with van der Waals surface area (Å²) >= 11 is 0. The van der Waals surface area contributed by atoms with Gasteiger partial charge in [0, 0.05) is 23.9 Å². The first-order chi connectivity index (χ1) is 13.0. The summed E-state index contributed by atoms with van der Waals surface area (Å²) in [6.07, 6.45) is 1.52. The minimum absolute atomic E-state index is 0.0211. The zero-order chi connectivity index (χ0) is 19.4. The van der Waals surface area contributed by atoms with Crippen LogP contribution >= 0.6 is 0 Å². The summed E-state index contributed by atoms with van der Waals surface area (Å²) in [7, 11) is 0. The number of likely N-dealkylation sites (tertiary alicyclic amines) is 1. The van der Waals surface area contributed by atoms with E-state index in [4.69, 9.17) is 5.11 Å². The zero-order valence-corrected chi connectivity index (χ0v) is 14.7. The monoisotopic (exact) mass is 371 g/mol. The maximum Gasteiger partial charge on any atom is 0.303 e. The van der Waals surface area contributed by atoms with Gasteiger partial charge in [0.05, 0.1) is 6.04 Å². The van der Waals surface area contributed by atoms with E-state index in [9.17, 15) is 19.2 Å². The molecule has 0 unspecified atom stereocenters. The lowest BCUT2D eigenvalue weighted by Crippen LogP contribution is -2.49. The Morgan fingerprint density at radius 1 is 1.33 bits per heavy atom. The lowest BCUT2D eigenvalue weighted by Gasteiger charge is -2.24. The van der Waals surface area contributed by atoms with Crippen LogP contribution in [0.15, 0.2) is 30.3 Å². The number of aliphatic carboxylic acids is 1. The second-order valence-electron chi connectivity index (χ2n) is 6.61. The number of nitrogens with zero attached hydrogens (tertiary/aromatic N) is 1. The highest BCUT2D eigenvalue weighted by Gasteiger charge is 2.35. The number of carboxylic acids is 1. The predicted molar refractivity (Wildman–Crippen MR) is 97.2 cm³/mol. The third-order valence-electron chi connectivity index (χ3n) is 4.74. The number of fused-ring (bicyclic) bond motifs is 1. The Kier molecular flexibility index (Phi) is 5.54. The van der Waals surface area contributed by atoms with Crippen molar-refractivity contribution >= 4 is 35.0 Å². The number of aldehydes is 1. The van der Waals surface area contributed by atoms with E-state index in [-0.39, 0.29) is 18.7 Å². The fraction of sp³-hybridized carbons (Fsp3) is 0.368.